The van der Waals surface area contributed by atoms with Gasteiger partial charge in [0, 0.05) is 6.42 Å². The summed E-state index contributed by atoms with van der Waals surface area (Å²) in [6.45, 7) is 5.19. The first-order valence-corrected chi connectivity index (χ1v) is 9.40. The van der Waals surface area contributed by atoms with Crippen molar-refractivity contribution in [3.05, 3.63) is 29.8 Å². The number of carbonyl (C=O) groups excluding carboxylic acids is 3. The van der Waals surface area contributed by atoms with E-state index in [-0.39, 0.29) is 30.4 Å². The molecule has 0 aliphatic heterocycles. The highest BCUT2D eigenvalue weighted by atomic mass is 16.3. The van der Waals surface area contributed by atoms with Gasteiger partial charge in [0.05, 0.1) is 24.2 Å². The number of aliphatic hydroxyl groups excluding tert-OH is 1. The molecule has 0 saturated heterocycles. The molecule has 0 radical (unpaired) electrons. The molecule has 1 aromatic rings. The van der Waals surface area contributed by atoms with Gasteiger partial charge < -0.3 is 31.4 Å². The standard InChI is InChI=1S/C20H31N3O5/c1-12(2)17(11-24)22-19(27)9-8-18(26)16(23-20(28)13(3)21)10-14-4-6-15(25)7-5-14/h4-7,11-13,16-18,25-26H,8-10,21H2,1-3H3,(H,22,27)(H,23,28)/t13?,16-,17?,18-/m0/s1. The summed E-state index contributed by atoms with van der Waals surface area (Å²) in [7, 11) is 0. The SMILES string of the molecule is CC(N)C(=O)N[C@@H](Cc1ccc(O)cc1)[C@@H](O)CCC(=O)NC(C=O)C(C)C. The Labute approximate surface area is 165 Å². The molecule has 0 spiro atoms. The van der Waals surface area contributed by atoms with Crippen molar-refractivity contribution in [1.82, 2.24) is 10.6 Å². The molecule has 2 unspecified atom stereocenters. The van der Waals surface area contributed by atoms with Crippen LogP contribution in [0, 0.1) is 5.92 Å². The van der Waals surface area contributed by atoms with Crippen LogP contribution in [0.15, 0.2) is 24.3 Å². The van der Waals surface area contributed by atoms with Gasteiger partial charge in [-0.1, -0.05) is 26.0 Å². The number of rotatable bonds is 11. The van der Waals surface area contributed by atoms with Crippen LogP contribution in [0.2, 0.25) is 0 Å². The number of hydrogen-bond acceptors (Lipinski definition) is 6. The zero-order chi connectivity index (χ0) is 21.3. The number of nitrogens with two attached hydrogens (primary N) is 1. The third kappa shape index (κ3) is 8.06. The van der Waals surface area contributed by atoms with E-state index in [0.29, 0.717) is 12.7 Å². The van der Waals surface area contributed by atoms with E-state index in [1.165, 1.54) is 19.1 Å². The van der Waals surface area contributed by atoms with Crippen LogP contribution in [0.1, 0.15) is 39.2 Å². The fraction of sp³-hybridized carbons (Fsp3) is 0.550. The molecule has 4 atom stereocenters. The van der Waals surface area contributed by atoms with Gasteiger partial charge >= 0.3 is 0 Å². The monoisotopic (exact) mass is 393 g/mol. The van der Waals surface area contributed by atoms with Gasteiger partial charge in [-0.3, -0.25) is 9.59 Å². The number of carbonyl (C=O) groups is 3. The third-order valence-corrected chi connectivity index (χ3v) is 4.46. The summed E-state index contributed by atoms with van der Waals surface area (Å²) < 4.78 is 0. The largest absolute Gasteiger partial charge is 0.508 e. The van der Waals surface area contributed by atoms with Gasteiger partial charge in [0.25, 0.3) is 0 Å². The molecular weight excluding hydrogens is 362 g/mol. The lowest BCUT2D eigenvalue weighted by molar-refractivity contribution is -0.125. The summed E-state index contributed by atoms with van der Waals surface area (Å²) in [5.41, 5.74) is 6.40. The van der Waals surface area contributed by atoms with E-state index < -0.39 is 30.1 Å². The van der Waals surface area contributed by atoms with Crippen LogP contribution < -0.4 is 16.4 Å². The first-order chi connectivity index (χ1) is 13.1. The fourth-order valence-corrected chi connectivity index (χ4v) is 2.58. The Kier molecular flexibility index (Phi) is 9.61. The van der Waals surface area contributed by atoms with E-state index in [4.69, 9.17) is 5.73 Å². The van der Waals surface area contributed by atoms with Crippen LogP contribution in [-0.4, -0.2) is 52.5 Å². The maximum absolute atomic E-state index is 12.1. The van der Waals surface area contributed by atoms with Gasteiger partial charge in [-0.2, -0.15) is 0 Å². The topological polar surface area (TPSA) is 142 Å². The minimum Gasteiger partial charge on any atom is -0.508 e. The first kappa shape index (κ1) is 23.6. The van der Waals surface area contributed by atoms with Gasteiger partial charge in [0.2, 0.25) is 11.8 Å². The van der Waals surface area contributed by atoms with Crippen LogP contribution in [0.4, 0.5) is 0 Å². The molecule has 0 aliphatic rings. The molecule has 0 heterocycles. The predicted molar refractivity (Wildman–Crippen MR) is 105 cm³/mol. The lowest BCUT2D eigenvalue weighted by Gasteiger charge is -2.25. The minimum atomic E-state index is -0.990. The van der Waals surface area contributed by atoms with Crippen molar-refractivity contribution in [3.8, 4) is 5.75 Å². The van der Waals surface area contributed by atoms with E-state index >= 15 is 0 Å². The summed E-state index contributed by atoms with van der Waals surface area (Å²) in [6, 6.07) is 4.46. The molecule has 0 aliphatic carbocycles. The van der Waals surface area contributed by atoms with Crippen LogP contribution in [0.3, 0.4) is 0 Å². The zero-order valence-electron chi connectivity index (χ0n) is 16.6. The Balaban J connectivity index is 2.73. The summed E-state index contributed by atoms with van der Waals surface area (Å²) in [5.74, 6) is -0.661. The molecule has 0 aromatic heterocycles. The van der Waals surface area contributed by atoms with Crippen molar-refractivity contribution >= 4 is 18.1 Å². The van der Waals surface area contributed by atoms with Crippen LogP contribution in [-0.2, 0) is 20.8 Å². The molecule has 156 valence electrons. The lowest BCUT2D eigenvalue weighted by Crippen LogP contribution is -2.50. The van der Waals surface area contributed by atoms with Crippen molar-refractivity contribution in [3.63, 3.8) is 0 Å². The smallest absolute Gasteiger partial charge is 0.236 e. The van der Waals surface area contributed by atoms with Crippen molar-refractivity contribution in [2.75, 3.05) is 0 Å². The van der Waals surface area contributed by atoms with E-state index in [0.717, 1.165) is 5.56 Å². The first-order valence-electron chi connectivity index (χ1n) is 9.40. The molecule has 1 aromatic carbocycles. The number of aromatic hydroxyl groups is 1. The number of hydrogen-bond donors (Lipinski definition) is 5. The maximum atomic E-state index is 12.1. The van der Waals surface area contributed by atoms with E-state index in [2.05, 4.69) is 10.6 Å². The van der Waals surface area contributed by atoms with Gasteiger partial charge in [-0.25, -0.2) is 0 Å². The predicted octanol–water partition coefficient (Wildman–Crippen LogP) is 0.248. The summed E-state index contributed by atoms with van der Waals surface area (Å²) in [5, 5.41) is 25.3. The Morgan fingerprint density at radius 1 is 1.14 bits per heavy atom. The quantitative estimate of drug-likeness (QED) is 0.341. The molecule has 0 saturated carbocycles. The zero-order valence-corrected chi connectivity index (χ0v) is 16.6. The maximum Gasteiger partial charge on any atom is 0.236 e. The second-order valence-corrected chi connectivity index (χ2v) is 7.35. The molecule has 0 fully saturated rings. The van der Waals surface area contributed by atoms with Gasteiger partial charge in [-0.05, 0) is 43.4 Å². The summed E-state index contributed by atoms with van der Waals surface area (Å²) in [4.78, 5) is 35.0. The lowest BCUT2D eigenvalue weighted by atomic mass is 9.97. The number of phenols is 1. The highest BCUT2D eigenvalue weighted by molar-refractivity contribution is 5.81. The van der Waals surface area contributed by atoms with Crippen LogP contribution >= 0.6 is 0 Å². The van der Waals surface area contributed by atoms with Crippen LogP contribution in [0.25, 0.3) is 0 Å². The number of amides is 2. The van der Waals surface area contributed by atoms with E-state index in [9.17, 15) is 24.6 Å². The minimum absolute atomic E-state index is 0.0123. The molecule has 6 N–H and O–H groups in total. The van der Waals surface area contributed by atoms with Crippen molar-refractivity contribution in [2.45, 2.75) is 64.3 Å². The second kappa shape index (κ2) is 11.4. The number of aldehydes is 1. The normalized spacial score (nSPS) is 15.4. The highest BCUT2D eigenvalue weighted by Gasteiger charge is 2.24. The Morgan fingerprint density at radius 2 is 1.75 bits per heavy atom. The summed E-state index contributed by atoms with van der Waals surface area (Å²) in [6.07, 6.45) is 0.131. The average Bonchev–Trinajstić information content (AvgIpc) is 2.64. The molecular formula is C20H31N3O5. The van der Waals surface area contributed by atoms with Gasteiger partial charge in [0.15, 0.2) is 0 Å². The Hall–Kier alpha value is -2.45. The third-order valence-electron chi connectivity index (χ3n) is 4.46. The molecule has 2 amide bonds. The van der Waals surface area contributed by atoms with Gasteiger partial charge in [-0.15, -0.1) is 0 Å². The van der Waals surface area contributed by atoms with Gasteiger partial charge in [0.1, 0.15) is 12.0 Å². The molecule has 1 rings (SSSR count). The second-order valence-electron chi connectivity index (χ2n) is 7.35. The summed E-state index contributed by atoms with van der Waals surface area (Å²) >= 11 is 0. The van der Waals surface area contributed by atoms with Crippen molar-refractivity contribution in [2.24, 2.45) is 11.7 Å². The van der Waals surface area contributed by atoms with Crippen molar-refractivity contribution in [1.29, 1.82) is 0 Å². The fourth-order valence-electron chi connectivity index (χ4n) is 2.58. The average molecular weight is 393 g/mol. The number of aliphatic hydroxyl groups is 1. The molecule has 8 nitrogen and oxygen atoms in total. The highest BCUT2D eigenvalue weighted by Crippen LogP contribution is 2.14. The van der Waals surface area contributed by atoms with Crippen LogP contribution in [0.5, 0.6) is 5.75 Å². The number of nitrogens with one attached hydrogen (secondary N) is 2. The van der Waals surface area contributed by atoms with E-state index in [1.54, 1.807) is 12.1 Å². The number of phenolic OH excluding ortho intramolecular Hbond substituents is 1. The Bertz CT molecular complexity index is 646. The molecule has 8 heteroatoms. The molecule has 28 heavy (non-hydrogen) atoms. The molecule has 0 bridgehead atoms. The number of benzene rings is 1. The van der Waals surface area contributed by atoms with Crippen molar-refractivity contribution < 1.29 is 24.6 Å². The van der Waals surface area contributed by atoms with E-state index in [1.807, 2.05) is 13.8 Å². The Morgan fingerprint density at radius 3 is 2.25 bits per heavy atom.